The molecule has 0 spiro atoms. The molecule has 8 heteroatoms. The zero-order valence-corrected chi connectivity index (χ0v) is 19.4. The average molecular weight is 456 g/mol. The molecule has 3 aromatic rings. The van der Waals surface area contributed by atoms with Gasteiger partial charge in [-0.15, -0.1) is 0 Å². The monoisotopic (exact) mass is 455 g/mol. The molecule has 1 saturated heterocycles. The van der Waals surface area contributed by atoms with Gasteiger partial charge in [-0.3, -0.25) is 14.4 Å². The first-order valence-electron chi connectivity index (χ1n) is 11.3. The van der Waals surface area contributed by atoms with Crippen LogP contribution in [-0.2, 0) is 0 Å². The SMILES string of the molecule is Cc1cc(N2CCN(C(=O)c3ccc4c(c3)C(=O)N(c3cccc(C)c3C)C4=O)CC2)ncn1. The number of hydrogen-bond acceptors (Lipinski definition) is 6. The van der Waals surface area contributed by atoms with E-state index in [1.165, 1.54) is 4.90 Å². The summed E-state index contributed by atoms with van der Waals surface area (Å²) in [6, 6.07) is 12.3. The van der Waals surface area contributed by atoms with Crippen molar-refractivity contribution in [3.05, 3.63) is 82.3 Å². The van der Waals surface area contributed by atoms with E-state index in [4.69, 9.17) is 0 Å². The minimum atomic E-state index is -0.396. The molecule has 0 saturated carbocycles. The Morgan fingerprint density at radius 3 is 2.32 bits per heavy atom. The lowest BCUT2D eigenvalue weighted by Crippen LogP contribution is -2.49. The fourth-order valence-corrected chi connectivity index (χ4v) is 4.51. The maximum Gasteiger partial charge on any atom is 0.266 e. The van der Waals surface area contributed by atoms with Crippen molar-refractivity contribution in [3.8, 4) is 0 Å². The van der Waals surface area contributed by atoms with Crippen LogP contribution in [0.25, 0.3) is 0 Å². The van der Waals surface area contributed by atoms with Crippen LogP contribution >= 0.6 is 0 Å². The Balaban J connectivity index is 1.34. The molecule has 34 heavy (non-hydrogen) atoms. The predicted molar refractivity (Wildman–Crippen MR) is 128 cm³/mol. The third kappa shape index (κ3) is 3.61. The van der Waals surface area contributed by atoms with E-state index in [9.17, 15) is 14.4 Å². The van der Waals surface area contributed by atoms with Crippen molar-refractivity contribution >= 4 is 29.2 Å². The van der Waals surface area contributed by atoms with Crippen molar-refractivity contribution in [2.75, 3.05) is 36.0 Å². The van der Waals surface area contributed by atoms with Gasteiger partial charge in [0.05, 0.1) is 16.8 Å². The van der Waals surface area contributed by atoms with Crippen molar-refractivity contribution in [2.45, 2.75) is 20.8 Å². The topological polar surface area (TPSA) is 86.7 Å². The molecular formula is C26H25N5O3. The van der Waals surface area contributed by atoms with Crippen LogP contribution in [0.15, 0.2) is 48.8 Å². The van der Waals surface area contributed by atoms with Crippen LogP contribution in [0.5, 0.6) is 0 Å². The van der Waals surface area contributed by atoms with Gasteiger partial charge in [0.1, 0.15) is 12.1 Å². The van der Waals surface area contributed by atoms with Gasteiger partial charge in [-0.25, -0.2) is 14.9 Å². The quantitative estimate of drug-likeness (QED) is 0.564. The number of benzene rings is 2. The predicted octanol–water partition coefficient (Wildman–Crippen LogP) is 3.16. The van der Waals surface area contributed by atoms with E-state index < -0.39 is 5.91 Å². The summed E-state index contributed by atoms with van der Waals surface area (Å²) in [4.78, 5) is 53.0. The van der Waals surface area contributed by atoms with E-state index >= 15 is 0 Å². The molecule has 172 valence electrons. The Kier molecular flexibility index (Phi) is 5.36. The number of fused-ring (bicyclic) bond motifs is 1. The maximum absolute atomic E-state index is 13.2. The maximum atomic E-state index is 13.2. The lowest BCUT2D eigenvalue weighted by molar-refractivity contribution is 0.0746. The van der Waals surface area contributed by atoms with E-state index in [-0.39, 0.29) is 17.4 Å². The van der Waals surface area contributed by atoms with E-state index in [1.54, 1.807) is 35.5 Å². The lowest BCUT2D eigenvalue weighted by Gasteiger charge is -2.35. The molecule has 2 aromatic carbocycles. The Morgan fingerprint density at radius 2 is 1.59 bits per heavy atom. The van der Waals surface area contributed by atoms with Crippen molar-refractivity contribution in [1.82, 2.24) is 14.9 Å². The Bertz CT molecular complexity index is 1330. The van der Waals surface area contributed by atoms with Crippen LogP contribution in [0.1, 0.15) is 47.9 Å². The molecule has 2 aliphatic rings. The number of anilines is 2. The standard InChI is InChI=1S/C26H25N5O3/c1-16-5-4-6-22(18(16)3)31-25(33)20-8-7-19(14-21(20)26(31)34)24(32)30-11-9-29(10-12-30)23-13-17(2)27-15-28-23/h4-8,13-15H,9-12H2,1-3H3. The largest absolute Gasteiger partial charge is 0.353 e. The highest BCUT2D eigenvalue weighted by molar-refractivity contribution is 6.35. The Labute approximate surface area is 197 Å². The van der Waals surface area contributed by atoms with Crippen molar-refractivity contribution in [2.24, 2.45) is 0 Å². The molecule has 2 aliphatic heterocycles. The van der Waals surface area contributed by atoms with Crippen LogP contribution < -0.4 is 9.80 Å². The molecule has 0 atom stereocenters. The highest BCUT2D eigenvalue weighted by Crippen LogP contribution is 2.32. The zero-order valence-electron chi connectivity index (χ0n) is 19.4. The summed E-state index contributed by atoms with van der Waals surface area (Å²) in [6.45, 7) is 8.16. The molecule has 1 aromatic heterocycles. The lowest BCUT2D eigenvalue weighted by atomic mass is 10.0. The number of rotatable bonds is 3. The fraction of sp³-hybridized carbons (Fsp3) is 0.269. The molecule has 0 bridgehead atoms. The molecule has 0 aliphatic carbocycles. The summed E-state index contributed by atoms with van der Waals surface area (Å²) >= 11 is 0. The van der Waals surface area contributed by atoms with E-state index in [2.05, 4.69) is 14.9 Å². The third-order valence-electron chi connectivity index (χ3n) is 6.63. The summed E-state index contributed by atoms with van der Waals surface area (Å²) in [6.07, 6.45) is 1.55. The fourth-order valence-electron chi connectivity index (χ4n) is 4.51. The molecule has 0 radical (unpaired) electrons. The molecule has 1 fully saturated rings. The molecule has 5 rings (SSSR count). The van der Waals surface area contributed by atoms with Gasteiger partial charge in [0.2, 0.25) is 0 Å². The first-order chi connectivity index (χ1) is 16.3. The van der Waals surface area contributed by atoms with Gasteiger partial charge in [0, 0.05) is 43.5 Å². The van der Waals surface area contributed by atoms with Gasteiger partial charge >= 0.3 is 0 Å². The number of amides is 3. The number of imide groups is 1. The molecule has 3 heterocycles. The van der Waals surface area contributed by atoms with Gasteiger partial charge in [0.25, 0.3) is 17.7 Å². The van der Waals surface area contributed by atoms with Crippen LogP contribution in [0.4, 0.5) is 11.5 Å². The Hall–Kier alpha value is -4.07. The minimum absolute atomic E-state index is 0.147. The van der Waals surface area contributed by atoms with Crippen molar-refractivity contribution in [1.29, 1.82) is 0 Å². The van der Waals surface area contributed by atoms with Crippen molar-refractivity contribution < 1.29 is 14.4 Å². The highest BCUT2D eigenvalue weighted by Gasteiger charge is 2.38. The third-order valence-corrected chi connectivity index (χ3v) is 6.63. The van der Waals surface area contributed by atoms with E-state index in [0.717, 1.165) is 22.6 Å². The van der Waals surface area contributed by atoms with Crippen molar-refractivity contribution in [3.63, 3.8) is 0 Å². The van der Waals surface area contributed by atoms with E-state index in [1.807, 2.05) is 39.0 Å². The smallest absolute Gasteiger partial charge is 0.266 e. The summed E-state index contributed by atoms with van der Waals surface area (Å²) in [5.41, 5.74) is 4.37. The molecule has 0 N–H and O–H groups in total. The van der Waals surface area contributed by atoms with Gasteiger partial charge in [0.15, 0.2) is 0 Å². The Morgan fingerprint density at radius 1 is 0.853 bits per heavy atom. The number of carbonyl (C=O) groups excluding carboxylic acids is 3. The number of hydrogen-bond donors (Lipinski definition) is 0. The number of piperazine rings is 1. The van der Waals surface area contributed by atoms with Gasteiger partial charge < -0.3 is 9.80 Å². The number of aromatic nitrogens is 2. The first kappa shape index (κ1) is 21.8. The van der Waals surface area contributed by atoms with E-state index in [0.29, 0.717) is 43.0 Å². The first-order valence-corrected chi connectivity index (χ1v) is 11.3. The summed E-state index contributed by atoms with van der Waals surface area (Å²) in [5.74, 6) is -0.0479. The van der Waals surface area contributed by atoms with Crippen LogP contribution in [-0.4, -0.2) is 58.8 Å². The molecule has 0 unspecified atom stereocenters. The highest BCUT2D eigenvalue weighted by atomic mass is 16.2. The van der Waals surface area contributed by atoms with Gasteiger partial charge in [-0.05, 0) is 56.2 Å². The second-order valence-corrected chi connectivity index (χ2v) is 8.72. The summed E-state index contributed by atoms with van der Waals surface area (Å²) in [5, 5.41) is 0. The van der Waals surface area contributed by atoms with Gasteiger partial charge in [-0.2, -0.15) is 0 Å². The van der Waals surface area contributed by atoms with Crippen LogP contribution in [0, 0.1) is 20.8 Å². The summed E-state index contributed by atoms with van der Waals surface area (Å²) < 4.78 is 0. The van der Waals surface area contributed by atoms with Crippen LogP contribution in [0.2, 0.25) is 0 Å². The van der Waals surface area contributed by atoms with Crippen LogP contribution in [0.3, 0.4) is 0 Å². The average Bonchev–Trinajstić information content (AvgIpc) is 3.10. The molecule has 8 nitrogen and oxygen atoms in total. The second kappa shape index (κ2) is 8.37. The number of aryl methyl sites for hydroxylation is 2. The minimum Gasteiger partial charge on any atom is -0.353 e. The zero-order chi connectivity index (χ0) is 24.0. The molecule has 3 amide bonds. The second-order valence-electron chi connectivity index (χ2n) is 8.72. The number of nitrogens with zero attached hydrogens (tertiary/aromatic N) is 5. The van der Waals surface area contributed by atoms with Gasteiger partial charge in [-0.1, -0.05) is 12.1 Å². The summed E-state index contributed by atoms with van der Waals surface area (Å²) in [7, 11) is 0. The number of carbonyl (C=O) groups is 3. The normalized spacial score (nSPS) is 15.7. The molecular weight excluding hydrogens is 430 g/mol.